The molecule has 0 spiro atoms. The molecule has 3 aromatic heterocycles. The van der Waals surface area contributed by atoms with Gasteiger partial charge in [0.1, 0.15) is 10.7 Å². The lowest BCUT2D eigenvalue weighted by atomic mass is 10.1. The number of carbonyl (C=O) groups is 1. The van der Waals surface area contributed by atoms with Crippen LogP contribution in [0.5, 0.6) is 0 Å². The van der Waals surface area contributed by atoms with Crippen molar-refractivity contribution in [2.45, 2.75) is 24.3 Å². The summed E-state index contributed by atoms with van der Waals surface area (Å²) in [4.78, 5) is 15.5. The number of hydrogen-bond acceptors (Lipinski definition) is 4. The Labute approximate surface area is 169 Å². The van der Waals surface area contributed by atoms with Gasteiger partial charge in [-0.1, -0.05) is 17.7 Å². The van der Waals surface area contributed by atoms with Gasteiger partial charge in [0.15, 0.2) is 0 Å². The third-order valence-electron chi connectivity index (χ3n) is 4.34. The van der Waals surface area contributed by atoms with E-state index in [2.05, 4.69) is 15.8 Å². The molecule has 0 bridgehead atoms. The zero-order chi connectivity index (χ0) is 18.8. The zero-order valence-corrected chi connectivity index (χ0v) is 16.8. The molecular weight excluding hydrogens is 400 g/mol. The smallest absolute Gasteiger partial charge is 0.303 e. The average molecular weight is 417 g/mol. The quantitative estimate of drug-likeness (QED) is 0.308. The van der Waals surface area contributed by atoms with E-state index in [0.29, 0.717) is 6.42 Å². The van der Waals surface area contributed by atoms with Crippen LogP contribution in [0.3, 0.4) is 0 Å². The standard InChI is InChI=1S/C20H17ClN2O2S2/c21-14-6-7-17-15(11-14)13(12-27-17)10-16-20(26-9-3-5-19(24)25)22-18-4-1-2-8-23(16)18/h1-2,4,6-8,11-12H,3,5,9-10H2,(H,24,25). The van der Waals surface area contributed by atoms with Crippen molar-refractivity contribution < 1.29 is 9.90 Å². The molecular formula is C20H17ClN2O2S2. The van der Waals surface area contributed by atoms with E-state index in [9.17, 15) is 4.79 Å². The van der Waals surface area contributed by atoms with Gasteiger partial charge in [0.2, 0.25) is 0 Å². The fourth-order valence-electron chi connectivity index (χ4n) is 3.06. The Hall–Kier alpha value is -2.02. The third-order valence-corrected chi connectivity index (χ3v) is 6.68. The molecule has 4 nitrogen and oxygen atoms in total. The highest BCUT2D eigenvalue weighted by Gasteiger charge is 2.15. The highest BCUT2D eigenvalue weighted by molar-refractivity contribution is 7.99. The molecule has 0 aliphatic carbocycles. The number of hydrogen-bond donors (Lipinski definition) is 1. The number of thioether (sulfide) groups is 1. The zero-order valence-electron chi connectivity index (χ0n) is 14.4. The summed E-state index contributed by atoms with van der Waals surface area (Å²) < 4.78 is 3.34. The van der Waals surface area contributed by atoms with Crippen LogP contribution in [0.2, 0.25) is 5.02 Å². The van der Waals surface area contributed by atoms with Gasteiger partial charge in [-0.05, 0) is 53.1 Å². The Morgan fingerprint density at radius 1 is 1.30 bits per heavy atom. The molecule has 0 radical (unpaired) electrons. The van der Waals surface area contributed by atoms with Crippen molar-refractivity contribution in [3.05, 3.63) is 64.3 Å². The van der Waals surface area contributed by atoms with Crippen molar-refractivity contribution in [3.8, 4) is 0 Å². The maximum atomic E-state index is 10.7. The highest BCUT2D eigenvalue weighted by atomic mass is 35.5. The monoisotopic (exact) mass is 416 g/mol. The number of aromatic nitrogens is 2. The predicted molar refractivity (Wildman–Crippen MR) is 112 cm³/mol. The Morgan fingerprint density at radius 2 is 2.19 bits per heavy atom. The van der Waals surface area contributed by atoms with Gasteiger partial charge in [0.05, 0.1) is 5.69 Å². The number of benzene rings is 1. The molecule has 0 amide bonds. The van der Waals surface area contributed by atoms with Crippen LogP contribution in [-0.4, -0.2) is 26.2 Å². The maximum absolute atomic E-state index is 10.7. The number of aliphatic carboxylic acids is 1. The number of fused-ring (bicyclic) bond motifs is 2. The molecule has 0 aliphatic rings. The van der Waals surface area contributed by atoms with Crippen LogP contribution in [0.4, 0.5) is 0 Å². The second-order valence-corrected chi connectivity index (χ2v) is 8.65. The number of halogens is 1. The molecule has 0 saturated carbocycles. The van der Waals surface area contributed by atoms with Crippen LogP contribution < -0.4 is 0 Å². The molecule has 3 heterocycles. The molecule has 0 atom stereocenters. The summed E-state index contributed by atoms with van der Waals surface area (Å²) in [7, 11) is 0. The van der Waals surface area contributed by atoms with E-state index in [1.54, 1.807) is 23.1 Å². The average Bonchev–Trinajstić information content (AvgIpc) is 3.20. The lowest BCUT2D eigenvalue weighted by molar-refractivity contribution is -0.137. The minimum Gasteiger partial charge on any atom is -0.481 e. The van der Waals surface area contributed by atoms with Crippen molar-refractivity contribution in [3.63, 3.8) is 0 Å². The van der Waals surface area contributed by atoms with Crippen LogP contribution in [0.1, 0.15) is 24.1 Å². The van der Waals surface area contributed by atoms with Gasteiger partial charge in [0.25, 0.3) is 0 Å². The molecule has 0 saturated heterocycles. The summed E-state index contributed by atoms with van der Waals surface area (Å²) in [6.45, 7) is 0. The first-order valence-corrected chi connectivity index (χ1v) is 10.8. The molecule has 4 aromatic rings. The van der Waals surface area contributed by atoms with Gasteiger partial charge in [-0.15, -0.1) is 23.1 Å². The number of thiophene rings is 1. The number of imidazole rings is 1. The molecule has 0 aliphatic heterocycles. The van der Waals surface area contributed by atoms with E-state index >= 15 is 0 Å². The Bertz CT molecular complexity index is 1120. The molecule has 138 valence electrons. The largest absolute Gasteiger partial charge is 0.481 e. The summed E-state index contributed by atoms with van der Waals surface area (Å²) in [6.07, 6.45) is 3.60. The Morgan fingerprint density at radius 3 is 3.04 bits per heavy atom. The van der Waals surface area contributed by atoms with Gasteiger partial charge < -0.3 is 9.51 Å². The van der Waals surface area contributed by atoms with E-state index in [0.717, 1.165) is 33.6 Å². The predicted octanol–water partition coefficient (Wildman–Crippen LogP) is 5.75. The third kappa shape index (κ3) is 3.98. The lowest BCUT2D eigenvalue weighted by Gasteiger charge is -2.05. The minimum absolute atomic E-state index is 0.184. The van der Waals surface area contributed by atoms with Crippen LogP contribution in [0.25, 0.3) is 15.7 Å². The van der Waals surface area contributed by atoms with Crippen LogP contribution in [0, 0.1) is 0 Å². The second-order valence-electron chi connectivity index (χ2n) is 6.22. The molecule has 1 N–H and O–H groups in total. The van der Waals surface area contributed by atoms with Crippen molar-refractivity contribution in [1.82, 2.24) is 9.38 Å². The van der Waals surface area contributed by atoms with E-state index in [1.165, 1.54) is 15.6 Å². The van der Waals surface area contributed by atoms with E-state index in [-0.39, 0.29) is 6.42 Å². The molecule has 1 aromatic carbocycles. The number of carboxylic acids is 1. The van der Waals surface area contributed by atoms with Gasteiger partial charge in [0, 0.05) is 34.5 Å². The number of pyridine rings is 1. The molecule has 0 unspecified atom stereocenters. The molecule has 0 fully saturated rings. The fraction of sp³-hybridized carbons (Fsp3) is 0.200. The van der Waals surface area contributed by atoms with Crippen molar-refractivity contribution in [1.29, 1.82) is 0 Å². The second kappa shape index (κ2) is 7.92. The first-order valence-electron chi connectivity index (χ1n) is 8.58. The Balaban J connectivity index is 1.67. The summed E-state index contributed by atoms with van der Waals surface area (Å²) in [5, 5.41) is 13.9. The van der Waals surface area contributed by atoms with Crippen molar-refractivity contribution in [2.24, 2.45) is 0 Å². The van der Waals surface area contributed by atoms with E-state index in [4.69, 9.17) is 21.7 Å². The van der Waals surface area contributed by atoms with Crippen LogP contribution in [0.15, 0.2) is 53.0 Å². The molecule has 7 heteroatoms. The summed E-state index contributed by atoms with van der Waals surface area (Å²) in [5.74, 6) is -0.0215. The minimum atomic E-state index is -0.757. The van der Waals surface area contributed by atoms with Gasteiger partial charge in [-0.3, -0.25) is 4.79 Å². The van der Waals surface area contributed by atoms with Gasteiger partial charge >= 0.3 is 5.97 Å². The number of rotatable bonds is 7. The van der Waals surface area contributed by atoms with E-state index in [1.807, 2.05) is 36.5 Å². The Kier molecular flexibility index (Phi) is 5.38. The highest BCUT2D eigenvalue weighted by Crippen LogP contribution is 2.33. The van der Waals surface area contributed by atoms with Crippen LogP contribution >= 0.6 is 34.7 Å². The summed E-state index contributed by atoms with van der Waals surface area (Å²) in [5.41, 5.74) is 3.27. The topological polar surface area (TPSA) is 54.6 Å². The maximum Gasteiger partial charge on any atom is 0.303 e. The van der Waals surface area contributed by atoms with Gasteiger partial charge in [-0.25, -0.2) is 4.98 Å². The first kappa shape index (κ1) is 18.3. The normalized spacial score (nSPS) is 11.4. The van der Waals surface area contributed by atoms with Crippen LogP contribution in [-0.2, 0) is 11.2 Å². The number of carboxylic acid groups (broad SMARTS) is 1. The van der Waals surface area contributed by atoms with E-state index < -0.39 is 5.97 Å². The SMILES string of the molecule is O=C(O)CCCSc1nc2ccccn2c1Cc1csc2ccc(Cl)cc12. The van der Waals surface area contributed by atoms with Crippen molar-refractivity contribution in [2.75, 3.05) is 5.75 Å². The molecule has 4 rings (SSSR count). The van der Waals surface area contributed by atoms with Gasteiger partial charge in [-0.2, -0.15) is 0 Å². The fourth-order valence-corrected chi connectivity index (χ4v) is 5.16. The lowest BCUT2D eigenvalue weighted by Crippen LogP contribution is -1.97. The summed E-state index contributed by atoms with van der Waals surface area (Å²) >= 11 is 9.55. The first-order chi connectivity index (χ1) is 13.1. The van der Waals surface area contributed by atoms with Crippen molar-refractivity contribution >= 4 is 56.4 Å². The molecule has 27 heavy (non-hydrogen) atoms. The number of nitrogens with zero attached hydrogens (tertiary/aromatic N) is 2. The summed E-state index contributed by atoms with van der Waals surface area (Å²) in [6, 6.07) is 12.0.